The van der Waals surface area contributed by atoms with Gasteiger partial charge in [0.05, 0.1) is 17.3 Å². The monoisotopic (exact) mass is 316 g/mol. The summed E-state index contributed by atoms with van der Waals surface area (Å²) >= 11 is 6.23. The molecule has 2 aromatic carbocycles. The summed E-state index contributed by atoms with van der Waals surface area (Å²) in [6.45, 7) is 8.18. The first-order chi connectivity index (χ1) is 10.4. The Labute approximate surface area is 136 Å². The van der Waals surface area contributed by atoms with E-state index in [0.717, 1.165) is 33.6 Å². The second-order valence-electron chi connectivity index (χ2n) is 5.59. The number of rotatable bonds is 4. The zero-order chi connectivity index (χ0) is 16.3. The molecule has 2 N–H and O–H groups in total. The maximum Gasteiger partial charge on any atom is 0.243 e. The van der Waals surface area contributed by atoms with Crippen LogP contribution in [0, 0.1) is 27.7 Å². The van der Waals surface area contributed by atoms with Gasteiger partial charge >= 0.3 is 0 Å². The summed E-state index contributed by atoms with van der Waals surface area (Å²) in [5.74, 6) is -0.0928. The average molecular weight is 317 g/mol. The van der Waals surface area contributed by atoms with Crippen LogP contribution in [0.5, 0.6) is 0 Å². The molecule has 1 amide bonds. The fourth-order valence-corrected chi connectivity index (χ4v) is 2.78. The minimum atomic E-state index is -0.0928. The molecule has 0 bridgehead atoms. The van der Waals surface area contributed by atoms with E-state index in [1.807, 2.05) is 58.0 Å². The molecule has 0 spiro atoms. The summed E-state index contributed by atoms with van der Waals surface area (Å²) < 4.78 is 0. The molecule has 3 nitrogen and oxygen atoms in total. The van der Waals surface area contributed by atoms with Crippen molar-refractivity contribution in [2.24, 2.45) is 0 Å². The number of anilines is 2. The molecule has 0 radical (unpaired) electrons. The maximum absolute atomic E-state index is 12.1. The largest absolute Gasteiger partial charge is 0.375 e. The normalized spacial score (nSPS) is 10.4. The van der Waals surface area contributed by atoms with Gasteiger partial charge in [0.1, 0.15) is 0 Å². The highest BCUT2D eigenvalue weighted by Gasteiger charge is 2.09. The molecule has 0 heterocycles. The first kappa shape index (κ1) is 16.4. The van der Waals surface area contributed by atoms with Gasteiger partial charge in [-0.05, 0) is 62.1 Å². The molecule has 4 heteroatoms. The van der Waals surface area contributed by atoms with E-state index >= 15 is 0 Å². The third-order valence-corrected chi connectivity index (χ3v) is 4.03. The van der Waals surface area contributed by atoms with Crippen LogP contribution < -0.4 is 10.6 Å². The third kappa shape index (κ3) is 3.80. The Kier molecular flexibility index (Phi) is 5.09. The quantitative estimate of drug-likeness (QED) is 0.863. The van der Waals surface area contributed by atoms with Crippen molar-refractivity contribution in [3.8, 4) is 0 Å². The lowest BCUT2D eigenvalue weighted by atomic mass is 10.1. The van der Waals surface area contributed by atoms with Crippen LogP contribution in [0.4, 0.5) is 11.4 Å². The van der Waals surface area contributed by atoms with Crippen LogP contribution in [0.2, 0.25) is 5.02 Å². The molecule has 0 aliphatic rings. The van der Waals surface area contributed by atoms with Crippen molar-refractivity contribution in [2.45, 2.75) is 27.7 Å². The number of carbonyl (C=O) groups excluding carboxylic acids is 1. The summed E-state index contributed by atoms with van der Waals surface area (Å²) in [5.41, 5.74) is 6.03. The van der Waals surface area contributed by atoms with Crippen LogP contribution >= 0.6 is 11.6 Å². The first-order valence-corrected chi connectivity index (χ1v) is 7.63. The summed E-state index contributed by atoms with van der Waals surface area (Å²) in [4.78, 5) is 12.1. The predicted molar refractivity (Wildman–Crippen MR) is 94.0 cm³/mol. The van der Waals surface area contributed by atoms with Gasteiger partial charge in [0, 0.05) is 5.69 Å². The number of nitrogens with one attached hydrogen (secondary N) is 2. The van der Waals surface area contributed by atoms with Crippen molar-refractivity contribution < 1.29 is 4.79 Å². The number of hydrogen-bond donors (Lipinski definition) is 2. The highest BCUT2D eigenvalue weighted by atomic mass is 35.5. The minimum absolute atomic E-state index is 0.0928. The Morgan fingerprint density at radius 2 is 1.82 bits per heavy atom. The van der Waals surface area contributed by atoms with Gasteiger partial charge in [0.25, 0.3) is 0 Å². The zero-order valence-corrected chi connectivity index (χ0v) is 14.1. The lowest BCUT2D eigenvalue weighted by molar-refractivity contribution is -0.114. The summed E-state index contributed by atoms with van der Waals surface area (Å²) in [7, 11) is 0. The van der Waals surface area contributed by atoms with Crippen LogP contribution in [0.25, 0.3) is 0 Å². The van der Waals surface area contributed by atoms with Crippen molar-refractivity contribution in [3.63, 3.8) is 0 Å². The molecule has 0 unspecified atom stereocenters. The Morgan fingerprint density at radius 1 is 1.09 bits per heavy atom. The van der Waals surface area contributed by atoms with Crippen LogP contribution in [0.3, 0.4) is 0 Å². The number of hydrogen-bond acceptors (Lipinski definition) is 2. The molecular formula is C18H21ClN2O. The molecule has 0 fully saturated rings. The van der Waals surface area contributed by atoms with Gasteiger partial charge in [0.2, 0.25) is 5.91 Å². The number of aryl methyl sites for hydroxylation is 3. The van der Waals surface area contributed by atoms with E-state index in [1.54, 1.807) is 0 Å². The molecule has 0 saturated carbocycles. The van der Waals surface area contributed by atoms with Crippen LogP contribution in [0.15, 0.2) is 30.3 Å². The van der Waals surface area contributed by atoms with Crippen LogP contribution in [-0.4, -0.2) is 12.5 Å². The van der Waals surface area contributed by atoms with Gasteiger partial charge in [-0.3, -0.25) is 4.79 Å². The van der Waals surface area contributed by atoms with E-state index in [-0.39, 0.29) is 12.5 Å². The second-order valence-corrected chi connectivity index (χ2v) is 6.00. The fraction of sp³-hybridized carbons (Fsp3) is 0.278. The highest BCUT2D eigenvalue weighted by Crippen LogP contribution is 2.27. The molecule has 22 heavy (non-hydrogen) atoms. The number of halogens is 1. The van der Waals surface area contributed by atoms with Gasteiger partial charge in [-0.2, -0.15) is 0 Å². The van der Waals surface area contributed by atoms with E-state index < -0.39 is 0 Å². The van der Waals surface area contributed by atoms with Crippen molar-refractivity contribution in [3.05, 3.63) is 57.6 Å². The molecule has 0 atom stereocenters. The summed E-state index contributed by atoms with van der Waals surface area (Å²) in [6.07, 6.45) is 0. The summed E-state index contributed by atoms with van der Waals surface area (Å²) in [6, 6.07) is 9.80. The van der Waals surface area contributed by atoms with Crippen molar-refractivity contribution in [2.75, 3.05) is 17.2 Å². The highest BCUT2D eigenvalue weighted by molar-refractivity contribution is 6.33. The molecule has 0 saturated heterocycles. The smallest absolute Gasteiger partial charge is 0.243 e. The molecule has 0 aliphatic carbocycles. The third-order valence-electron chi connectivity index (χ3n) is 3.74. The van der Waals surface area contributed by atoms with Gasteiger partial charge in [-0.15, -0.1) is 0 Å². The maximum atomic E-state index is 12.1. The lowest BCUT2D eigenvalue weighted by Crippen LogP contribution is -2.22. The number of carbonyl (C=O) groups is 1. The van der Waals surface area contributed by atoms with E-state index in [1.165, 1.54) is 0 Å². The van der Waals surface area contributed by atoms with Crippen molar-refractivity contribution in [1.29, 1.82) is 0 Å². The van der Waals surface area contributed by atoms with E-state index in [4.69, 9.17) is 11.6 Å². The Morgan fingerprint density at radius 3 is 2.50 bits per heavy atom. The molecular weight excluding hydrogens is 296 g/mol. The second kappa shape index (κ2) is 6.84. The van der Waals surface area contributed by atoms with Crippen molar-refractivity contribution in [1.82, 2.24) is 0 Å². The Balaban J connectivity index is 2.03. The molecule has 2 aromatic rings. The minimum Gasteiger partial charge on any atom is -0.375 e. The number of amides is 1. The predicted octanol–water partition coefficient (Wildman–Crippen LogP) is 4.62. The number of benzene rings is 2. The SMILES string of the molecule is Cc1cc(C)c(NCC(=O)Nc2cccc(C)c2C)c(Cl)c1. The first-order valence-electron chi connectivity index (χ1n) is 7.25. The van der Waals surface area contributed by atoms with Gasteiger partial charge in [0.15, 0.2) is 0 Å². The zero-order valence-electron chi connectivity index (χ0n) is 13.4. The van der Waals surface area contributed by atoms with Gasteiger partial charge < -0.3 is 10.6 Å². The van der Waals surface area contributed by atoms with E-state index in [2.05, 4.69) is 10.6 Å². The van der Waals surface area contributed by atoms with E-state index in [9.17, 15) is 4.79 Å². The van der Waals surface area contributed by atoms with E-state index in [0.29, 0.717) is 5.02 Å². The standard InChI is InChI=1S/C18H21ClN2O/c1-11-8-13(3)18(15(19)9-11)20-10-17(22)21-16-7-5-6-12(2)14(16)4/h5-9,20H,10H2,1-4H3,(H,21,22). The van der Waals surface area contributed by atoms with Crippen LogP contribution in [-0.2, 0) is 4.79 Å². The Hall–Kier alpha value is -2.00. The van der Waals surface area contributed by atoms with Crippen LogP contribution in [0.1, 0.15) is 22.3 Å². The topological polar surface area (TPSA) is 41.1 Å². The van der Waals surface area contributed by atoms with Gasteiger partial charge in [-0.25, -0.2) is 0 Å². The van der Waals surface area contributed by atoms with Crippen molar-refractivity contribution >= 4 is 28.9 Å². The van der Waals surface area contributed by atoms with Gasteiger partial charge in [-0.1, -0.05) is 29.8 Å². The molecule has 116 valence electrons. The average Bonchev–Trinajstić information content (AvgIpc) is 2.42. The Bertz CT molecular complexity index is 687. The molecule has 0 aliphatic heterocycles. The fourth-order valence-electron chi connectivity index (χ4n) is 2.39. The molecule has 0 aromatic heterocycles. The lowest BCUT2D eigenvalue weighted by Gasteiger charge is -2.14. The molecule has 2 rings (SSSR count). The summed E-state index contributed by atoms with van der Waals surface area (Å²) in [5, 5.41) is 6.68.